The number of anilines is 1. The Hall–Kier alpha value is -2.71. The predicted octanol–water partition coefficient (Wildman–Crippen LogP) is 2.24. The minimum atomic E-state index is -0.550. The third kappa shape index (κ3) is 3.93. The number of hydrogen-bond donors (Lipinski definition) is 1. The number of amides is 1. The van der Waals surface area contributed by atoms with Crippen molar-refractivity contribution in [3.05, 3.63) is 47.8 Å². The quantitative estimate of drug-likeness (QED) is 0.656. The minimum Gasteiger partial charge on any atom is -0.495 e. The number of fused-ring (bicyclic) bond motifs is 1. The number of rotatable bonds is 7. The minimum absolute atomic E-state index is 0.0226. The number of ether oxygens (including phenoxy) is 2. The lowest BCUT2D eigenvalue weighted by Crippen LogP contribution is -3.06. The summed E-state index contributed by atoms with van der Waals surface area (Å²) in [6.45, 7) is 1.09. The maximum atomic E-state index is 14.2. The van der Waals surface area contributed by atoms with Crippen molar-refractivity contribution >= 4 is 32.6 Å². The number of halogens is 1. The highest BCUT2D eigenvalue weighted by atomic mass is 32.1. The van der Waals surface area contributed by atoms with E-state index in [0.717, 1.165) is 4.70 Å². The van der Waals surface area contributed by atoms with Gasteiger partial charge in [-0.3, -0.25) is 9.69 Å². The summed E-state index contributed by atoms with van der Waals surface area (Å²) in [5.74, 6) is 0.271. The molecule has 1 heterocycles. The average Bonchev–Trinajstić information content (AvgIpc) is 3.12. The lowest BCUT2D eigenvalue weighted by molar-refractivity contribution is -0.856. The predicted molar refractivity (Wildman–Crippen MR) is 108 cm³/mol. The molecule has 0 radical (unpaired) electrons. The van der Waals surface area contributed by atoms with Crippen LogP contribution in [0.4, 0.5) is 9.52 Å². The molecule has 0 bridgehead atoms. The van der Waals surface area contributed by atoms with Crippen molar-refractivity contribution in [1.82, 2.24) is 4.98 Å². The van der Waals surface area contributed by atoms with Crippen molar-refractivity contribution in [1.29, 1.82) is 0 Å². The van der Waals surface area contributed by atoms with Gasteiger partial charge < -0.3 is 14.4 Å². The van der Waals surface area contributed by atoms with Gasteiger partial charge >= 0.3 is 0 Å². The Morgan fingerprint density at radius 2 is 1.82 bits per heavy atom. The second kappa shape index (κ2) is 8.53. The number of benzene rings is 2. The first-order valence-electron chi connectivity index (χ1n) is 8.83. The van der Waals surface area contributed by atoms with Crippen molar-refractivity contribution in [2.45, 2.75) is 0 Å². The Morgan fingerprint density at radius 3 is 2.46 bits per heavy atom. The van der Waals surface area contributed by atoms with E-state index in [2.05, 4.69) is 4.98 Å². The first kappa shape index (κ1) is 20.0. The highest BCUT2D eigenvalue weighted by Crippen LogP contribution is 2.40. The van der Waals surface area contributed by atoms with Crippen LogP contribution in [0.1, 0.15) is 10.4 Å². The van der Waals surface area contributed by atoms with Crippen LogP contribution in [-0.4, -0.2) is 52.3 Å². The number of aromatic nitrogens is 1. The molecule has 1 aromatic heterocycles. The summed E-state index contributed by atoms with van der Waals surface area (Å²) in [6, 6.07) is 9.56. The molecule has 6 nitrogen and oxygen atoms in total. The summed E-state index contributed by atoms with van der Waals surface area (Å²) in [5, 5.41) is 0.479. The Bertz CT molecular complexity index is 949. The summed E-state index contributed by atoms with van der Waals surface area (Å²) in [7, 11) is 7.14. The van der Waals surface area contributed by atoms with Gasteiger partial charge in [0, 0.05) is 0 Å². The zero-order chi connectivity index (χ0) is 20.3. The smallest absolute Gasteiger partial charge is 0.263 e. The number of quaternary nitrogens is 1. The van der Waals surface area contributed by atoms with Crippen LogP contribution in [0.15, 0.2) is 36.4 Å². The lowest BCUT2D eigenvalue weighted by Gasteiger charge is -2.21. The van der Waals surface area contributed by atoms with E-state index in [1.807, 2.05) is 14.1 Å². The van der Waals surface area contributed by atoms with Crippen molar-refractivity contribution in [3.8, 4) is 11.5 Å². The Labute approximate surface area is 167 Å². The molecule has 0 aliphatic rings. The number of carbonyl (C=O) groups excluding carboxylic acids is 1. The summed E-state index contributed by atoms with van der Waals surface area (Å²) >= 11 is 1.32. The van der Waals surface area contributed by atoms with Gasteiger partial charge in [-0.05, 0) is 24.3 Å². The van der Waals surface area contributed by atoms with Gasteiger partial charge in [0.2, 0.25) is 0 Å². The third-order valence-electron chi connectivity index (χ3n) is 4.31. The topological polar surface area (TPSA) is 56.1 Å². The summed E-state index contributed by atoms with van der Waals surface area (Å²) in [4.78, 5) is 20.5. The maximum absolute atomic E-state index is 14.2. The molecule has 3 aromatic rings. The highest BCUT2D eigenvalue weighted by Gasteiger charge is 2.25. The molecule has 0 atom stereocenters. The fourth-order valence-corrected chi connectivity index (χ4v) is 3.89. The van der Waals surface area contributed by atoms with Gasteiger partial charge in [-0.15, -0.1) is 0 Å². The number of methoxy groups -OCH3 is 2. The molecule has 2 aromatic carbocycles. The average molecular weight is 404 g/mol. The fraction of sp³-hybridized carbons (Fsp3) is 0.300. The molecule has 0 fully saturated rings. The Kier molecular flexibility index (Phi) is 6.11. The molecular formula is C20H23FN3O3S+. The Morgan fingerprint density at radius 1 is 1.14 bits per heavy atom. The molecule has 0 aliphatic heterocycles. The van der Waals surface area contributed by atoms with E-state index in [1.165, 1.54) is 33.3 Å². The molecule has 0 spiro atoms. The molecule has 0 unspecified atom stereocenters. The molecular weight excluding hydrogens is 381 g/mol. The van der Waals surface area contributed by atoms with E-state index in [-0.39, 0.29) is 5.56 Å². The molecule has 1 amide bonds. The van der Waals surface area contributed by atoms with Crippen LogP contribution in [0, 0.1) is 5.82 Å². The van der Waals surface area contributed by atoms with E-state index >= 15 is 0 Å². The van der Waals surface area contributed by atoms with Crippen LogP contribution in [0.2, 0.25) is 0 Å². The van der Waals surface area contributed by atoms with Gasteiger partial charge in [0.05, 0.1) is 47.0 Å². The lowest BCUT2D eigenvalue weighted by atomic mass is 10.2. The van der Waals surface area contributed by atoms with Gasteiger partial charge in [0.15, 0.2) is 5.13 Å². The van der Waals surface area contributed by atoms with Crippen LogP contribution in [-0.2, 0) is 0 Å². The van der Waals surface area contributed by atoms with E-state index < -0.39 is 11.7 Å². The second-order valence-corrected chi connectivity index (χ2v) is 7.52. The second-order valence-electron chi connectivity index (χ2n) is 6.54. The van der Waals surface area contributed by atoms with Crippen LogP contribution >= 0.6 is 11.3 Å². The number of nitrogens with zero attached hydrogens (tertiary/aromatic N) is 2. The summed E-state index contributed by atoms with van der Waals surface area (Å²) in [5.41, 5.74) is 0.639. The molecule has 3 rings (SSSR count). The Balaban J connectivity index is 2.10. The van der Waals surface area contributed by atoms with Crippen LogP contribution in [0.25, 0.3) is 10.2 Å². The van der Waals surface area contributed by atoms with Crippen LogP contribution in [0.3, 0.4) is 0 Å². The third-order valence-corrected chi connectivity index (χ3v) is 5.41. The number of likely N-dealkylation sites (N-methyl/N-ethyl adjacent to an activating group) is 1. The molecule has 0 saturated heterocycles. The molecule has 0 saturated carbocycles. The number of hydrogen-bond acceptors (Lipinski definition) is 5. The molecule has 8 heteroatoms. The first-order valence-corrected chi connectivity index (χ1v) is 9.64. The van der Waals surface area contributed by atoms with Gasteiger partial charge in [-0.25, -0.2) is 9.37 Å². The maximum Gasteiger partial charge on any atom is 0.263 e. The van der Waals surface area contributed by atoms with Crippen molar-refractivity contribution in [2.24, 2.45) is 0 Å². The molecule has 148 valence electrons. The monoisotopic (exact) mass is 404 g/mol. The summed E-state index contributed by atoms with van der Waals surface area (Å²) in [6.07, 6.45) is 0. The van der Waals surface area contributed by atoms with Crippen LogP contribution < -0.4 is 19.3 Å². The van der Waals surface area contributed by atoms with E-state index in [9.17, 15) is 9.18 Å². The van der Waals surface area contributed by atoms with Gasteiger partial charge in [0.25, 0.3) is 5.91 Å². The largest absolute Gasteiger partial charge is 0.495 e. The highest BCUT2D eigenvalue weighted by molar-refractivity contribution is 7.22. The standard InChI is InChI=1S/C20H22FN3O3S/c1-23(2)11-12-24(19(25)13-7-5-6-8-14(13)21)20-22-17-15(26-3)9-10-16(27-4)18(17)28-20/h5-10H,11-12H2,1-4H3/p+1. The van der Waals surface area contributed by atoms with E-state index in [1.54, 1.807) is 38.5 Å². The first-order chi connectivity index (χ1) is 13.5. The zero-order valence-electron chi connectivity index (χ0n) is 16.3. The molecule has 1 N–H and O–H groups in total. The molecule has 28 heavy (non-hydrogen) atoms. The van der Waals surface area contributed by atoms with Gasteiger partial charge in [-0.1, -0.05) is 23.5 Å². The fourth-order valence-electron chi connectivity index (χ4n) is 2.79. The van der Waals surface area contributed by atoms with E-state index in [4.69, 9.17) is 9.47 Å². The van der Waals surface area contributed by atoms with Gasteiger partial charge in [0.1, 0.15) is 27.5 Å². The zero-order valence-corrected chi connectivity index (χ0v) is 17.1. The van der Waals surface area contributed by atoms with Crippen LogP contribution in [0.5, 0.6) is 11.5 Å². The summed E-state index contributed by atoms with van der Waals surface area (Å²) < 4.78 is 25.9. The van der Waals surface area contributed by atoms with E-state index in [0.29, 0.717) is 35.2 Å². The number of nitrogens with one attached hydrogen (secondary N) is 1. The van der Waals surface area contributed by atoms with Crippen molar-refractivity contribution in [3.63, 3.8) is 0 Å². The SMILES string of the molecule is COc1ccc(OC)c2sc(N(CC[NH+](C)C)C(=O)c3ccccc3F)nc12. The van der Waals surface area contributed by atoms with Crippen molar-refractivity contribution < 1.29 is 23.6 Å². The van der Waals surface area contributed by atoms with Crippen molar-refractivity contribution in [2.75, 3.05) is 46.3 Å². The number of carbonyl (C=O) groups is 1. The normalized spacial score (nSPS) is 11.1. The van der Waals surface area contributed by atoms with Gasteiger partial charge in [-0.2, -0.15) is 0 Å². The molecule has 0 aliphatic carbocycles. The number of thiazole rings is 1.